The van der Waals surface area contributed by atoms with E-state index in [0.717, 1.165) is 17.8 Å². The molecule has 10 heteroatoms. The molecule has 5 nitrogen and oxygen atoms in total. The fourth-order valence-electron chi connectivity index (χ4n) is 4.13. The van der Waals surface area contributed by atoms with Crippen LogP contribution < -0.4 is 5.43 Å². The van der Waals surface area contributed by atoms with E-state index in [1.54, 1.807) is 24.6 Å². The number of hydrogen-bond donors (Lipinski definition) is 0. The summed E-state index contributed by atoms with van der Waals surface area (Å²) >= 11 is 0. The maximum atomic E-state index is 13.8. The zero-order valence-corrected chi connectivity index (χ0v) is 18.9. The molecule has 0 unspecified atom stereocenters. The Bertz CT molecular complexity index is 1320. The van der Waals surface area contributed by atoms with Crippen LogP contribution in [0.15, 0.2) is 29.2 Å². The predicted molar refractivity (Wildman–Crippen MR) is 119 cm³/mol. The molecule has 0 aliphatic heterocycles. The first-order chi connectivity index (χ1) is 15.9. The summed E-state index contributed by atoms with van der Waals surface area (Å²) < 4.78 is 67.5. The maximum absolute atomic E-state index is 13.8. The Balaban J connectivity index is 1.82. The van der Waals surface area contributed by atoms with Gasteiger partial charge in [0.1, 0.15) is 16.9 Å². The van der Waals surface area contributed by atoms with E-state index in [2.05, 4.69) is 15.1 Å². The summed E-state index contributed by atoms with van der Waals surface area (Å²) in [7, 11) is 0. The lowest BCUT2D eigenvalue weighted by Crippen LogP contribution is -2.29. The Morgan fingerprint density at radius 3 is 2.44 bits per heavy atom. The zero-order valence-electron chi connectivity index (χ0n) is 18.9. The van der Waals surface area contributed by atoms with Crippen LogP contribution in [0.1, 0.15) is 66.9 Å². The second-order valence-corrected chi connectivity index (χ2v) is 8.77. The van der Waals surface area contributed by atoms with Gasteiger partial charge in [-0.05, 0) is 68.5 Å². The van der Waals surface area contributed by atoms with E-state index in [-0.39, 0.29) is 42.9 Å². The van der Waals surface area contributed by atoms with Crippen LogP contribution in [-0.4, -0.2) is 25.7 Å². The van der Waals surface area contributed by atoms with Gasteiger partial charge >= 0.3 is 6.18 Å². The van der Waals surface area contributed by atoms with Crippen molar-refractivity contribution < 1.29 is 22.0 Å². The average molecular weight is 478 g/mol. The van der Waals surface area contributed by atoms with Gasteiger partial charge in [-0.1, -0.05) is 6.07 Å². The molecule has 1 aliphatic carbocycles. The van der Waals surface area contributed by atoms with Gasteiger partial charge in [0.2, 0.25) is 11.4 Å². The number of hydrogen-bond acceptors (Lipinski definition) is 4. The number of halogens is 5. The van der Waals surface area contributed by atoms with Gasteiger partial charge < -0.3 is 0 Å². The van der Waals surface area contributed by atoms with Crippen LogP contribution in [-0.2, 0) is 6.18 Å². The first-order valence-corrected chi connectivity index (χ1v) is 10.9. The first-order valence-electron chi connectivity index (χ1n) is 10.9. The highest BCUT2D eigenvalue weighted by molar-refractivity contribution is 5.83. The maximum Gasteiger partial charge on any atom is 0.433 e. The molecule has 0 N–H and O–H groups in total. The summed E-state index contributed by atoms with van der Waals surface area (Å²) in [6.45, 7) is 5.24. The van der Waals surface area contributed by atoms with Crippen LogP contribution in [0.3, 0.4) is 0 Å². The van der Waals surface area contributed by atoms with Gasteiger partial charge in [-0.2, -0.15) is 18.3 Å². The van der Waals surface area contributed by atoms with E-state index in [1.807, 2.05) is 6.92 Å². The van der Waals surface area contributed by atoms with Crippen molar-refractivity contribution in [1.82, 2.24) is 19.7 Å². The fraction of sp³-hybridized carbons (Fsp3) is 0.417. The molecule has 4 rings (SSSR count). The van der Waals surface area contributed by atoms with E-state index < -0.39 is 23.2 Å². The minimum absolute atomic E-state index is 0.0699. The molecule has 0 spiro atoms. The second kappa shape index (κ2) is 8.56. The first kappa shape index (κ1) is 24.0. The standard InChI is InChI=1S/C24H23F5N4O/c1-13-11-18-21(31-15(13)3)22(34)20(32-33(18)17-6-8-23(25,26)9-7-17)14(2)10-16-4-5-19(30-12-16)24(27,28)29/h4-5,10-12,17H,6-9H2,1-3H3/b14-10+. The van der Waals surface area contributed by atoms with Crippen LogP contribution in [0.25, 0.3) is 22.7 Å². The molecule has 0 amide bonds. The van der Waals surface area contributed by atoms with Gasteiger partial charge in [0.15, 0.2) is 0 Å². The van der Waals surface area contributed by atoms with Crippen molar-refractivity contribution >= 4 is 22.7 Å². The second-order valence-electron chi connectivity index (χ2n) is 8.77. The molecule has 180 valence electrons. The van der Waals surface area contributed by atoms with Crippen LogP contribution in [0.5, 0.6) is 0 Å². The Hall–Kier alpha value is -3.17. The third kappa shape index (κ3) is 4.71. The third-order valence-corrected chi connectivity index (χ3v) is 6.20. The van der Waals surface area contributed by atoms with Crippen LogP contribution in [0, 0.1) is 13.8 Å². The largest absolute Gasteiger partial charge is 0.433 e. The molecule has 0 atom stereocenters. The van der Waals surface area contributed by atoms with Crippen molar-refractivity contribution in [2.24, 2.45) is 0 Å². The molecule has 3 heterocycles. The van der Waals surface area contributed by atoms with E-state index in [9.17, 15) is 26.7 Å². The molecule has 1 saturated carbocycles. The van der Waals surface area contributed by atoms with Crippen molar-refractivity contribution in [1.29, 1.82) is 0 Å². The van der Waals surface area contributed by atoms with Crippen LogP contribution in [0.2, 0.25) is 0 Å². The molecule has 0 radical (unpaired) electrons. The molecule has 0 saturated heterocycles. The number of allylic oxidation sites excluding steroid dienone is 1. The minimum Gasteiger partial charge on any atom is -0.285 e. The van der Waals surface area contributed by atoms with Gasteiger partial charge in [-0.15, -0.1) is 0 Å². The third-order valence-electron chi connectivity index (χ3n) is 6.20. The summed E-state index contributed by atoms with van der Waals surface area (Å²) in [6, 6.07) is 3.59. The molecule has 3 aromatic heterocycles. The zero-order chi connectivity index (χ0) is 24.8. The number of nitrogens with zero attached hydrogens (tertiary/aromatic N) is 4. The lowest BCUT2D eigenvalue weighted by atomic mass is 9.92. The quantitative estimate of drug-likeness (QED) is 0.425. The SMILES string of the molecule is C/C(=C\c1ccc(C(F)(F)F)nc1)c1nn(C2CCC(F)(F)CC2)c2cc(C)c(C)nc2c1=O. The van der Waals surface area contributed by atoms with Crippen molar-refractivity contribution in [3.8, 4) is 0 Å². The van der Waals surface area contributed by atoms with E-state index >= 15 is 0 Å². The Kier molecular flexibility index (Phi) is 6.03. The normalized spacial score (nSPS) is 17.4. The van der Waals surface area contributed by atoms with E-state index in [1.165, 1.54) is 12.1 Å². The molecule has 1 fully saturated rings. The number of aryl methyl sites for hydroxylation is 2. The lowest BCUT2D eigenvalue weighted by molar-refractivity contribution is -0.141. The van der Waals surface area contributed by atoms with Gasteiger partial charge in [0, 0.05) is 24.7 Å². The summed E-state index contributed by atoms with van der Waals surface area (Å²) in [6.07, 6.45) is -2.10. The van der Waals surface area contributed by atoms with Gasteiger partial charge in [0.05, 0.1) is 11.6 Å². The van der Waals surface area contributed by atoms with Crippen LogP contribution >= 0.6 is 0 Å². The highest BCUT2D eigenvalue weighted by Crippen LogP contribution is 2.39. The van der Waals surface area contributed by atoms with Crippen molar-refractivity contribution in [3.63, 3.8) is 0 Å². The number of fused-ring (bicyclic) bond motifs is 1. The molecule has 1 aliphatic rings. The number of pyridine rings is 2. The van der Waals surface area contributed by atoms with Crippen LogP contribution in [0.4, 0.5) is 22.0 Å². The number of aromatic nitrogens is 4. The fourth-order valence-corrected chi connectivity index (χ4v) is 4.13. The monoisotopic (exact) mass is 478 g/mol. The molecule has 34 heavy (non-hydrogen) atoms. The Morgan fingerprint density at radius 2 is 1.85 bits per heavy atom. The highest BCUT2D eigenvalue weighted by Gasteiger charge is 2.36. The highest BCUT2D eigenvalue weighted by atomic mass is 19.4. The van der Waals surface area contributed by atoms with E-state index in [4.69, 9.17) is 0 Å². The van der Waals surface area contributed by atoms with E-state index in [0.29, 0.717) is 22.3 Å². The summed E-state index contributed by atoms with van der Waals surface area (Å²) in [4.78, 5) is 21.2. The van der Waals surface area contributed by atoms with Gasteiger partial charge in [-0.3, -0.25) is 14.5 Å². The Morgan fingerprint density at radius 1 is 1.18 bits per heavy atom. The number of rotatable bonds is 3. The lowest BCUT2D eigenvalue weighted by Gasteiger charge is -2.30. The van der Waals surface area contributed by atoms with Gasteiger partial charge in [0.25, 0.3) is 0 Å². The summed E-state index contributed by atoms with van der Waals surface area (Å²) in [5, 5.41) is 4.55. The molecule has 0 aromatic carbocycles. The Labute approximate surface area is 192 Å². The van der Waals surface area contributed by atoms with Crippen molar-refractivity contribution in [3.05, 3.63) is 62.8 Å². The molecular weight excluding hydrogens is 455 g/mol. The van der Waals surface area contributed by atoms with Crippen molar-refractivity contribution in [2.45, 2.75) is 64.6 Å². The molecule has 0 bridgehead atoms. The molecular formula is C24H23F5N4O. The summed E-state index contributed by atoms with van der Waals surface area (Å²) in [5.74, 6) is -2.72. The summed E-state index contributed by atoms with van der Waals surface area (Å²) in [5.41, 5.74) is 1.57. The molecule has 3 aromatic rings. The topological polar surface area (TPSA) is 60.7 Å². The predicted octanol–water partition coefficient (Wildman–Crippen LogP) is 6.13. The number of alkyl halides is 5. The van der Waals surface area contributed by atoms with Crippen molar-refractivity contribution in [2.75, 3.05) is 0 Å². The smallest absolute Gasteiger partial charge is 0.285 e. The average Bonchev–Trinajstić information content (AvgIpc) is 2.75. The van der Waals surface area contributed by atoms with Gasteiger partial charge in [-0.25, -0.2) is 13.8 Å². The minimum atomic E-state index is -4.55.